The van der Waals surface area contributed by atoms with Gasteiger partial charge in [-0.1, -0.05) is 0 Å². The van der Waals surface area contributed by atoms with E-state index >= 15 is 0 Å². The number of carbonyl (C=O) groups is 2. The minimum Gasteiger partial charge on any atom is -0.475 e. The molecule has 1 aromatic heterocycles. The van der Waals surface area contributed by atoms with Crippen molar-refractivity contribution in [2.45, 2.75) is 30.7 Å². The smallest absolute Gasteiger partial charge is 0.371 e. The van der Waals surface area contributed by atoms with Crippen molar-refractivity contribution in [2.24, 2.45) is 5.73 Å². The van der Waals surface area contributed by atoms with Crippen LogP contribution in [0.25, 0.3) is 0 Å². The molecule has 1 aromatic rings. The number of carboxylic acid groups (broad SMARTS) is 1. The van der Waals surface area contributed by atoms with E-state index < -0.39 is 33.7 Å². The third-order valence-corrected chi connectivity index (χ3v) is 5.22. The van der Waals surface area contributed by atoms with Gasteiger partial charge in [-0.25, -0.2) is 13.2 Å². The summed E-state index contributed by atoms with van der Waals surface area (Å²) in [6.45, 7) is 1.53. The highest BCUT2D eigenvalue weighted by molar-refractivity contribution is 7.89. The van der Waals surface area contributed by atoms with Crippen LogP contribution in [0.2, 0.25) is 0 Å². The average Bonchev–Trinajstić information content (AvgIpc) is 2.94. The number of furan rings is 1. The van der Waals surface area contributed by atoms with Gasteiger partial charge in [0.25, 0.3) is 0 Å². The van der Waals surface area contributed by atoms with E-state index in [4.69, 9.17) is 15.3 Å². The molecule has 1 aliphatic heterocycles. The normalized spacial score (nSPS) is 20.1. The van der Waals surface area contributed by atoms with Crippen LogP contribution in [-0.4, -0.2) is 42.3 Å². The van der Waals surface area contributed by atoms with Crippen molar-refractivity contribution in [3.8, 4) is 0 Å². The molecule has 1 atom stereocenters. The van der Waals surface area contributed by atoms with Crippen LogP contribution in [0.4, 0.5) is 0 Å². The van der Waals surface area contributed by atoms with Gasteiger partial charge in [-0.15, -0.1) is 0 Å². The van der Waals surface area contributed by atoms with Gasteiger partial charge in [-0.3, -0.25) is 4.79 Å². The number of amides is 1. The Kier molecular flexibility index (Phi) is 3.57. The van der Waals surface area contributed by atoms with Gasteiger partial charge in [0.05, 0.1) is 0 Å². The number of hydrogen-bond donors (Lipinski definition) is 2. The van der Waals surface area contributed by atoms with Crippen LogP contribution in [-0.2, 0) is 14.8 Å². The molecule has 9 heteroatoms. The first kappa shape index (κ1) is 14.5. The van der Waals surface area contributed by atoms with Gasteiger partial charge in [0.1, 0.15) is 16.7 Å². The SMILES string of the molecule is Cc1oc(C(=O)O)cc1S(=O)(=O)N1CCCC1C(N)=O. The molecule has 1 aliphatic rings. The maximum absolute atomic E-state index is 12.5. The number of rotatable bonds is 4. The second-order valence-corrected chi connectivity index (χ2v) is 6.37. The number of nitrogens with zero attached hydrogens (tertiary/aromatic N) is 1. The number of carboxylic acids is 1. The number of primary amides is 1. The maximum atomic E-state index is 12.5. The van der Waals surface area contributed by atoms with Crippen molar-refractivity contribution >= 4 is 21.9 Å². The van der Waals surface area contributed by atoms with Crippen LogP contribution < -0.4 is 5.73 Å². The Morgan fingerprint density at radius 1 is 1.50 bits per heavy atom. The largest absolute Gasteiger partial charge is 0.475 e. The standard InChI is InChI=1S/C11H14N2O6S/c1-6-9(5-8(19-6)11(15)16)20(17,18)13-4-2-3-7(13)10(12)14/h5,7H,2-4H2,1H3,(H2,12,14)(H,15,16). The molecule has 1 unspecified atom stereocenters. The lowest BCUT2D eigenvalue weighted by molar-refractivity contribution is -0.121. The van der Waals surface area contributed by atoms with E-state index in [2.05, 4.69) is 0 Å². The van der Waals surface area contributed by atoms with Gasteiger partial charge in [0.15, 0.2) is 0 Å². The first-order valence-electron chi connectivity index (χ1n) is 5.90. The van der Waals surface area contributed by atoms with Gasteiger partial charge in [-0.2, -0.15) is 4.31 Å². The third kappa shape index (κ3) is 2.29. The van der Waals surface area contributed by atoms with E-state index in [9.17, 15) is 18.0 Å². The van der Waals surface area contributed by atoms with Gasteiger partial charge in [0.2, 0.25) is 21.7 Å². The minimum atomic E-state index is -4.00. The van der Waals surface area contributed by atoms with Gasteiger partial charge < -0.3 is 15.3 Å². The van der Waals surface area contributed by atoms with Gasteiger partial charge >= 0.3 is 5.97 Å². The summed E-state index contributed by atoms with van der Waals surface area (Å²) in [5, 5.41) is 8.82. The molecule has 0 saturated carbocycles. The second kappa shape index (κ2) is 4.91. The molecule has 2 rings (SSSR count). The molecule has 8 nitrogen and oxygen atoms in total. The van der Waals surface area contributed by atoms with E-state index in [-0.39, 0.29) is 17.2 Å². The van der Waals surface area contributed by atoms with Gasteiger partial charge in [0, 0.05) is 12.6 Å². The van der Waals surface area contributed by atoms with Crippen molar-refractivity contribution < 1.29 is 27.5 Å². The Hall–Kier alpha value is -1.87. The Bertz CT molecular complexity index is 662. The summed E-state index contributed by atoms with van der Waals surface area (Å²) in [5.41, 5.74) is 5.19. The zero-order valence-electron chi connectivity index (χ0n) is 10.7. The van der Waals surface area contributed by atoms with Crippen LogP contribution in [0.5, 0.6) is 0 Å². The fraction of sp³-hybridized carbons (Fsp3) is 0.455. The number of hydrogen-bond acceptors (Lipinski definition) is 5. The van der Waals surface area contributed by atoms with Crippen LogP contribution in [0, 0.1) is 6.92 Å². The van der Waals surface area contributed by atoms with Crippen LogP contribution >= 0.6 is 0 Å². The summed E-state index contributed by atoms with van der Waals surface area (Å²) < 4.78 is 30.8. The van der Waals surface area contributed by atoms with Crippen molar-refractivity contribution in [3.05, 3.63) is 17.6 Å². The lowest BCUT2D eigenvalue weighted by Gasteiger charge is -2.20. The van der Waals surface area contributed by atoms with E-state index in [1.54, 1.807) is 0 Å². The predicted octanol–water partition coefficient (Wildman–Crippen LogP) is -0.0754. The monoisotopic (exact) mass is 302 g/mol. The molecule has 3 N–H and O–H groups in total. The maximum Gasteiger partial charge on any atom is 0.371 e. The predicted molar refractivity (Wildman–Crippen MR) is 66.5 cm³/mol. The quantitative estimate of drug-likeness (QED) is 0.800. The van der Waals surface area contributed by atoms with Crippen LogP contribution in [0.15, 0.2) is 15.4 Å². The van der Waals surface area contributed by atoms with E-state index in [1.807, 2.05) is 0 Å². The second-order valence-electron chi connectivity index (χ2n) is 4.51. The van der Waals surface area contributed by atoms with Crippen LogP contribution in [0.3, 0.4) is 0 Å². The fourth-order valence-electron chi connectivity index (χ4n) is 2.27. The minimum absolute atomic E-state index is 0.0301. The molecule has 20 heavy (non-hydrogen) atoms. The van der Waals surface area contributed by atoms with E-state index in [0.29, 0.717) is 12.8 Å². The molecule has 1 fully saturated rings. The number of aryl methyl sites for hydroxylation is 1. The summed E-state index contributed by atoms with van der Waals surface area (Å²) in [6, 6.07) is 0.0474. The Morgan fingerprint density at radius 3 is 2.65 bits per heavy atom. The summed E-state index contributed by atoms with van der Waals surface area (Å²) >= 11 is 0. The molecule has 2 heterocycles. The molecular weight excluding hydrogens is 288 g/mol. The van der Waals surface area contributed by atoms with Crippen molar-refractivity contribution in [1.82, 2.24) is 4.31 Å². The number of carbonyl (C=O) groups excluding carboxylic acids is 1. The molecule has 0 aliphatic carbocycles. The van der Waals surface area contributed by atoms with E-state index in [0.717, 1.165) is 10.4 Å². The van der Waals surface area contributed by atoms with Gasteiger partial charge in [-0.05, 0) is 19.8 Å². The zero-order chi connectivity index (χ0) is 15.1. The molecule has 0 aromatic carbocycles. The molecule has 1 saturated heterocycles. The van der Waals surface area contributed by atoms with Crippen molar-refractivity contribution in [2.75, 3.05) is 6.54 Å². The summed E-state index contributed by atoms with van der Waals surface area (Å²) in [5.74, 6) is -2.57. The fourth-order valence-corrected chi connectivity index (χ4v) is 4.09. The molecular formula is C11H14N2O6S. The number of aromatic carboxylic acids is 1. The molecule has 0 spiro atoms. The molecule has 0 radical (unpaired) electrons. The van der Waals surface area contributed by atoms with Crippen LogP contribution in [0.1, 0.15) is 29.2 Å². The molecule has 110 valence electrons. The average molecular weight is 302 g/mol. The number of nitrogens with two attached hydrogens (primary N) is 1. The summed E-state index contributed by atoms with van der Waals surface area (Å²) in [7, 11) is -4.00. The highest BCUT2D eigenvalue weighted by Gasteiger charge is 2.40. The molecule has 1 amide bonds. The topological polar surface area (TPSA) is 131 Å². The molecule has 0 bridgehead atoms. The zero-order valence-corrected chi connectivity index (χ0v) is 11.5. The van der Waals surface area contributed by atoms with E-state index in [1.165, 1.54) is 6.92 Å². The first-order chi connectivity index (χ1) is 9.25. The Morgan fingerprint density at radius 2 is 2.15 bits per heavy atom. The Labute approximate surface area is 115 Å². The lowest BCUT2D eigenvalue weighted by atomic mass is 10.2. The lowest BCUT2D eigenvalue weighted by Crippen LogP contribution is -2.43. The summed E-state index contributed by atoms with van der Waals surface area (Å²) in [4.78, 5) is 21.9. The number of sulfonamides is 1. The first-order valence-corrected chi connectivity index (χ1v) is 7.34. The third-order valence-electron chi connectivity index (χ3n) is 3.20. The highest BCUT2D eigenvalue weighted by Crippen LogP contribution is 2.29. The highest BCUT2D eigenvalue weighted by atomic mass is 32.2. The summed E-state index contributed by atoms with van der Waals surface area (Å²) in [6.07, 6.45) is 0.882. The van der Waals surface area contributed by atoms with Crippen molar-refractivity contribution in [3.63, 3.8) is 0 Å². The van der Waals surface area contributed by atoms with Crippen molar-refractivity contribution in [1.29, 1.82) is 0 Å². The Balaban J connectivity index is 2.45.